The summed E-state index contributed by atoms with van der Waals surface area (Å²) in [7, 11) is -2.97. The quantitative estimate of drug-likeness (QED) is 0.326. The maximum absolute atomic E-state index is 15.0. The Balaban J connectivity index is 1.03. The van der Waals surface area contributed by atoms with Gasteiger partial charge >= 0.3 is 0 Å². The predicted octanol–water partition coefficient (Wildman–Crippen LogP) is 5.29. The first-order valence-electron chi connectivity index (χ1n) is 15.2. The molecule has 12 heteroatoms. The second-order valence-electron chi connectivity index (χ2n) is 13.0. The molecule has 3 aromatic rings. The molecule has 9 nitrogen and oxygen atoms in total. The molecule has 4 bridgehead atoms. The third kappa shape index (κ3) is 5.60. The Morgan fingerprint density at radius 2 is 1.66 bits per heavy atom. The normalized spacial score (nSPS) is 28.5. The minimum Gasteiger partial charge on any atom is -0.369 e. The smallest absolute Gasteiger partial charge is 0.230 e. The van der Waals surface area contributed by atoms with Gasteiger partial charge in [-0.1, -0.05) is 0 Å². The summed E-state index contributed by atoms with van der Waals surface area (Å²) in [6.45, 7) is 2.91. The van der Waals surface area contributed by atoms with Gasteiger partial charge in [0.25, 0.3) is 0 Å². The van der Waals surface area contributed by atoms with Crippen molar-refractivity contribution in [1.29, 1.82) is 0 Å². The largest absolute Gasteiger partial charge is 0.369 e. The van der Waals surface area contributed by atoms with Crippen molar-refractivity contribution in [2.75, 3.05) is 45.4 Å². The van der Waals surface area contributed by atoms with Crippen molar-refractivity contribution in [1.82, 2.24) is 9.97 Å². The van der Waals surface area contributed by atoms with E-state index in [4.69, 9.17) is 0 Å². The first kappa shape index (κ1) is 28.9. The Bertz CT molecular complexity index is 1670. The van der Waals surface area contributed by atoms with Gasteiger partial charge in [0.05, 0.1) is 23.1 Å². The van der Waals surface area contributed by atoms with E-state index in [1.54, 1.807) is 12.1 Å². The molecule has 1 aliphatic heterocycles. The van der Waals surface area contributed by atoms with E-state index in [2.05, 4.69) is 30.8 Å². The monoisotopic (exact) mass is 622 g/mol. The molecule has 1 saturated heterocycles. The Hall–Kier alpha value is -3.80. The third-order valence-electron chi connectivity index (χ3n) is 10.0. The van der Waals surface area contributed by atoms with Gasteiger partial charge in [-0.2, -0.15) is 4.98 Å². The fourth-order valence-corrected chi connectivity index (χ4v) is 9.39. The molecule has 4 saturated carbocycles. The van der Waals surface area contributed by atoms with E-state index >= 15 is 4.39 Å². The van der Waals surface area contributed by atoms with Crippen LogP contribution in [-0.4, -0.2) is 54.9 Å². The maximum atomic E-state index is 15.0. The molecule has 2 unspecified atom stereocenters. The lowest BCUT2D eigenvalue weighted by molar-refractivity contribution is -0.141. The highest BCUT2D eigenvalue weighted by Crippen LogP contribution is 2.60. The summed E-state index contributed by atoms with van der Waals surface area (Å²) in [6.07, 6.45) is 5.44. The van der Waals surface area contributed by atoms with Crippen LogP contribution in [0.5, 0.6) is 0 Å². The van der Waals surface area contributed by atoms with Gasteiger partial charge in [-0.25, -0.2) is 22.2 Å². The fourth-order valence-electron chi connectivity index (χ4n) is 8.19. The minimum atomic E-state index is -2.97. The van der Waals surface area contributed by atoms with E-state index in [0.717, 1.165) is 49.0 Å². The van der Waals surface area contributed by atoms with E-state index in [1.807, 2.05) is 25.1 Å². The SMILES string of the molecule is Cc1cc(Nc2ncc(F)c(NC3C4CC5CC3CC(C(=O)Nc3ccc(F)cc3)(C5)C4)n2)ccc1N1CCS(=O)(=O)CC1. The minimum absolute atomic E-state index is 0.00503. The molecule has 5 fully saturated rings. The molecule has 44 heavy (non-hydrogen) atoms. The van der Waals surface area contributed by atoms with Crippen LogP contribution in [0.3, 0.4) is 0 Å². The van der Waals surface area contributed by atoms with Crippen LogP contribution in [0.2, 0.25) is 0 Å². The number of amides is 1. The van der Waals surface area contributed by atoms with Gasteiger partial charge in [0.2, 0.25) is 11.9 Å². The number of nitrogens with one attached hydrogen (secondary N) is 3. The standard InChI is InChI=1S/C32H36F2N6O3S/c1-19-12-25(6-7-27(19)40-8-10-44(42,43)11-9-40)37-31-35-18-26(34)29(39-31)38-28-21-13-20-14-22(28)17-32(15-20,16-21)30(41)36-24-4-2-23(33)3-5-24/h2-7,12,18,20-22,28H,8-11,13-17H2,1H3,(H,36,41)(H2,35,37,38,39). The average molecular weight is 623 g/mol. The topological polar surface area (TPSA) is 116 Å². The van der Waals surface area contributed by atoms with Crippen LogP contribution in [0.1, 0.15) is 37.7 Å². The molecule has 1 aromatic heterocycles. The molecule has 1 amide bonds. The summed E-state index contributed by atoms with van der Waals surface area (Å²) in [5.74, 6) is 0.724. The van der Waals surface area contributed by atoms with Gasteiger partial charge in [-0.15, -0.1) is 0 Å². The molecule has 3 N–H and O–H groups in total. The van der Waals surface area contributed by atoms with Crippen LogP contribution >= 0.6 is 0 Å². The molecule has 0 radical (unpaired) electrons. The van der Waals surface area contributed by atoms with E-state index in [-0.39, 0.29) is 52.9 Å². The molecular formula is C32H36F2N6O3S. The van der Waals surface area contributed by atoms with Crippen molar-refractivity contribution in [3.8, 4) is 0 Å². The molecule has 2 atom stereocenters. The van der Waals surface area contributed by atoms with Crippen molar-refractivity contribution >= 4 is 44.6 Å². The van der Waals surface area contributed by atoms with E-state index in [9.17, 15) is 17.6 Å². The average Bonchev–Trinajstić information content (AvgIpc) is 2.98. The number of halogens is 2. The summed E-state index contributed by atoms with van der Waals surface area (Å²) in [4.78, 5) is 24.3. The van der Waals surface area contributed by atoms with E-state index in [1.165, 1.54) is 18.3 Å². The summed E-state index contributed by atoms with van der Waals surface area (Å²) in [5.41, 5.74) is 2.85. The Morgan fingerprint density at radius 3 is 2.34 bits per heavy atom. The van der Waals surface area contributed by atoms with Crippen LogP contribution < -0.4 is 20.9 Å². The van der Waals surface area contributed by atoms with Crippen molar-refractivity contribution in [2.24, 2.45) is 23.2 Å². The second-order valence-corrected chi connectivity index (χ2v) is 15.3. The summed E-state index contributed by atoms with van der Waals surface area (Å²) in [5, 5.41) is 9.61. The van der Waals surface area contributed by atoms with Crippen molar-refractivity contribution < 1.29 is 22.0 Å². The Labute approximate surface area is 255 Å². The number of benzene rings is 2. The molecule has 5 aliphatic rings. The number of carbonyl (C=O) groups is 1. The molecule has 2 aromatic carbocycles. The highest BCUT2D eigenvalue weighted by atomic mass is 32.2. The number of aromatic nitrogens is 2. The zero-order valence-electron chi connectivity index (χ0n) is 24.5. The number of sulfone groups is 1. The third-order valence-corrected chi connectivity index (χ3v) is 11.7. The number of hydrogen-bond donors (Lipinski definition) is 3. The number of carbonyl (C=O) groups excluding carboxylic acids is 1. The lowest BCUT2D eigenvalue weighted by Crippen LogP contribution is -2.59. The van der Waals surface area contributed by atoms with Crippen LogP contribution in [0.4, 0.5) is 37.6 Å². The number of aryl methyl sites for hydroxylation is 1. The molecule has 2 heterocycles. The van der Waals surface area contributed by atoms with E-state index < -0.39 is 21.1 Å². The van der Waals surface area contributed by atoms with Gasteiger partial charge in [-0.3, -0.25) is 4.79 Å². The first-order chi connectivity index (χ1) is 21.1. The fraction of sp³-hybridized carbons (Fsp3) is 0.469. The van der Waals surface area contributed by atoms with Crippen molar-refractivity contribution in [3.63, 3.8) is 0 Å². The Morgan fingerprint density at radius 1 is 0.977 bits per heavy atom. The van der Waals surface area contributed by atoms with E-state index in [0.29, 0.717) is 24.7 Å². The predicted molar refractivity (Wildman–Crippen MR) is 166 cm³/mol. The second kappa shape index (κ2) is 11.0. The van der Waals surface area contributed by atoms with Crippen LogP contribution in [-0.2, 0) is 14.6 Å². The van der Waals surface area contributed by atoms with Gasteiger partial charge in [0, 0.05) is 36.2 Å². The maximum Gasteiger partial charge on any atom is 0.230 e. The lowest BCUT2D eigenvalue weighted by atomic mass is 9.47. The van der Waals surface area contributed by atoms with Crippen molar-refractivity contribution in [3.05, 3.63) is 65.9 Å². The van der Waals surface area contributed by atoms with Gasteiger partial charge < -0.3 is 20.9 Å². The lowest BCUT2D eigenvalue weighted by Gasteiger charge is -2.59. The summed E-state index contributed by atoms with van der Waals surface area (Å²) in [6, 6.07) is 11.7. The number of anilines is 5. The number of nitrogens with zero attached hydrogens (tertiary/aromatic N) is 3. The highest BCUT2D eigenvalue weighted by Gasteiger charge is 2.58. The highest BCUT2D eigenvalue weighted by molar-refractivity contribution is 7.91. The van der Waals surface area contributed by atoms with Gasteiger partial charge in [-0.05, 0) is 105 Å². The molecular weight excluding hydrogens is 586 g/mol. The molecule has 4 aliphatic carbocycles. The zero-order valence-corrected chi connectivity index (χ0v) is 25.3. The van der Waals surface area contributed by atoms with Crippen LogP contribution in [0.25, 0.3) is 0 Å². The zero-order chi connectivity index (χ0) is 30.6. The van der Waals surface area contributed by atoms with Crippen molar-refractivity contribution in [2.45, 2.75) is 45.1 Å². The molecule has 8 rings (SSSR count). The Kier molecular flexibility index (Phi) is 7.22. The summed E-state index contributed by atoms with van der Waals surface area (Å²) < 4.78 is 52.0. The van der Waals surface area contributed by atoms with Gasteiger partial charge in [0.1, 0.15) is 5.82 Å². The summed E-state index contributed by atoms with van der Waals surface area (Å²) >= 11 is 0. The van der Waals surface area contributed by atoms with Crippen LogP contribution in [0, 0.1) is 41.7 Å². The molecule has 0 spiro atoms. The number of hydrogen-bond acceptors (Lipinski definition) is 8. The first-order valence-corrected chi connectivity index (χ1v) is 17.1. The molecule has 232 valence electrons. The van der Waals surface area contributed by atoms with Gasteiger partial charge in [0.15, 0.2) is 21.5 Å². The number of rotatable bonds is 7. The van der Waals surface area contributed by atoms with Crippen LogP contribution in [0.15, 0.2) is 48.7 Å².